The third kappa shape index (κ3) is 2.93. The van der Waals surface area contributed by atoms with Crippen molar-refractivity contribution in [1.82, 2.24) is 0 Å². The van der Waals surface area contributed by atoms with Gasteiger partial charge in [-0.1, -0.05) is 13.8 Å². The average molecular weight is 229 g/mol. The summed E-state index contributed by atoms with van der Waals surface area (Å²) >= 11 is 0. The maximum atomic E-state index is 11.1. The van der Waals surface area contributed by atoms with Gasteiger partial charge in [0.1, 0.15) is 0 Å². The van der Waals surface area contributed by atoms with E-state index in [0.717, 1.165) is 11.1 Å². The van der Waals surface area contributed by atoms with E-state index in [-0.39, 0.29) is 25.4 Å². The molecule has 0 saturated heterocycles. The molecule has 0 saturated carbocycles. The number of carbonyl (C=O) groups is 1. The van der Waals surface area contributed by atoms with Gasteiger partial charge in [0.25, 0.3) is 5.97 Å². The normalized spacial score (nSPS) is 8.85. The minimum atomic E-state index is -0.302. The van der Waals surface area contributed by atoms with Crippen LogP contribution in [0.15, 0.2) is 12.1 Å². The molecule has 0 N–H and O–H groups in total. The Kier molecular flexibility index (Phi) is 4.86. The first-order chi connectivity index (χ1) is 5.65. The number of methoxy groups -OCH3 is 1. The number of hydrogen-bond donors (Lipinski definition) is 0. The molecule has 0 aliphatic carbocycles. The van der Waals surface area contributed by atoms with Crippen molar-refractivity contribution < 1.29 is 29.0 Å². The van der Waals surface area contributed by atoms with Gasteiger partial charge in [0.2, 0.25) is 0 Å². The van der Waals surface area contributed by atoms with Gasteiger partial charge in [-0.2, -0.15) is 23.8 Å². The minimum absolute atomic E-state index is 0. The summed E-state index contributed by atoms with van der Waals surface area (Å²) < 4.78 is 4.60. The van der Waals surface area contributed by atoms with Crippen molar-refractivity contribution in [2.24, 2.45) is 0 Å². The zero-order chi connectivity index (χ0) is 9.14. The molecule has 3 heteroatoms. The van der Waals surface area contributed by atoms with E-state index < -0.39 is 0 Å². The van der Waals surface area contributed by atoms with Crippen LogP contribution in [0.5, 0.6) is 0 Å². The summed E-state index contributed by atoms with van der Waals surface area (Å²) in [5.74, 6) is -0.302. The number of carbonyl (C=O) groups excluding carboxylic acids is 1. The molecule has 1 aromatic rings. The standard InChI is InChI=1S/C10H11O2.Zn/c1-7-4-5-9(8(2)6-7)10(11)12-3;/h5-6H,1-3H3;/q-1;. The number of ether oxygens (including phenoxy) is 1. The third-order valence-electron chi connectivity index (χ3n) is 1.71. The van der Waals surface area contributed by atoms with Crippen LogP contribution in [-0.2, 0) is 24.2 Å². The largest absolute Gasteiger partial charge is 0.475 e. The first kappa shape index (κ1) is 12.3. The summed E-state index contributed by atoms with van der Waals surface area (Å²) in [6, 6.07) is 6.53. The van der Waals surface area contributed by atoms with Crippen molar-refractivity contribution in [2.45, 2.75) is 13.8 Å². The fraction of sp³-hybridized carbons (Fsp3) is 0.300. The second kappa shape index (κ2) is 5.13. The Morgan fingerprint density at radius 2 is 2.08 bits per heavy atom. The zero-order valence-electron chi connectivity index (χ0n) is 8.18. The summed E-state index contributed by atoms with van der Waals surface area (Å²) in [6.45, 7) is 3.82. The van der Waals surface area contributed by atoms with Crippen LogP contribution in [0.2, 0.25) is 0 Å². The molecule has 0 radical (unpaired) electrons. The fourth-order valence-electron chi connectivity index (χ4n) is 1.07. The molecule has 0 unspecified atom stereocenters. The van der Waals surface area contributed by atoms with Crippen LogP contribution in [-0.4, -0.2) is 13.1 Å². The smallest absolute Gasteiger partial charge is 0.281 e. The van der Waals surface area contributed by atoms with Gasteiger partial charge >= 0.3 is 0 Å². The summed E-state index contributed by atoms with van der Waals surface area (Å²) in [4.78, 5) is 11.1. The maximum absolute atomic E-state index is 11.1. The van der Waals surface area contributed by atoms with Crippen LogP contribution in [0, 0.1) is 19.9 Å². The molecule has 0 bridgehead atoms. The maximum Gasteiger partial charge on any atom is 0.281 e. The number of esters is 1. The van der Waals surface area contributed by atoms with Gasteiger partial charge in [-0.25, -0.2) is 0 Å². The molecule has 13 heavy (non-hydrogen) atoms. The Hall–Kier alpha value is -0.687. The van der Waals surface area contributed by atoms with Crippen LogP contribution >= 0.6 is 0 Å². The summed E-state index contributed by atoms with van der Waals surface area (Å²) in [5, 5.41) is 0. The van der Waals surface area contributed by atoms with E-state index in [9.17, 15) is 4.79 Å². The van der Waals surface area contributed by atoms with Gasteiger partial charge in [-0.3, -0.25) is 4.79 Å². The molecule has 1 rings (SSSR count). The van der Waals surface area contributed by atoms with Gasteiger partial charge in [-0.05, 0) is 5.56 Å². The molecule has 0 spiro atoms. The van der Waals surface area contributed by atoms with Gasteiger partial charge in [0.05, 0.1) is 7.11 Å². The van der Waals surface area contributed by atoms with Crippen LogP contribution in [0.25, 0.3) is 0 Å². The molecule has 66 valence electrons. The summed E-state index contributed by atoms with van der Waals surface area (Å²) in [6.07, 6.45) is 0. The van der Waals surface area contributed by atoms with E-state index in [1.807, 2.05) is 19.9 Å². The Labute approximate surface area is 91.0 Å². The van der Waals surface area contributed by atoms with Crippen molar-refractivity contribution in [3.63, 3.8) is 0 Å². The monoisotopic (exact) mass is 227 g/mol. The molecule has 0 heterocycles. The predicted octanol–water partition coefficient (Wildman–Crippen LogP) is 1.89. The van der Waals surface area contributed by atoms with Crippen molar-refractivity contribution in [2.75, 3.05) is 7.11 Å². The molecule has 1 aromatic carbocycles. The molecule has 0 aromatic heterocycles. The van der Waals surface area contributed by atoms with E-state index in [1.165, 1.54) is 7.11 Å². The third-order valence-corrected chi connectivity index (χ3v) is 1.71. The summed E-state index contributed by atoms with van der Waals surface area (Å²) in [5.41, 5.74) is 2.54. The fourth-order valence-corrected chi connectivity index (χ4v) is 1.07. The Balaban J connectivity index is 0.00000144. The van der Waals surface area contributed by atoms with Crippen molar-refractivity contribution in [1.29, 1.82) is 0 Å². The summed E-state index contributed by atoms with van der Waals surface area (Å²) in [7, 11) is 1.38. The van der Waals surface area contributed by atoms with Crippen LogP contribution in [0.1, 0.15) is 21.5 Å². The molecular weight excluding hydrogens is 217 g/mol. The number of hydrogen-bond acceptors (Lipinski definition) is 2. The van der Waals surface area contributed by atoms with Crippen molar-refractivity contribution in [3.8, 4) is 0 Å². The predicted molar refractivity (Wildman–Crippen MR) is 46.1 cm³/mol. The molecule has 0 atom stereocenters. The molecular formula is C10H11O2Zn-. The molecule has 2 nitrogen and oxygen atoms in total. The SMILES string of the molecule is COC(=O)c1c[c-]c(C)cc1C.[Zn]. The van der Waals surface area contributed by atoms with Gasteiger partial charge in [0, 0.05) is 19.5 Å². The Bertz CT molecular complexity index is 308. The molecule has 0 aliphatic heterocycles. The average Bonchev–Trinajstić information content (AvgIpc) is 2.03. The Morgan fingerprint density at radius 3 is 2.54 bits per heavy atom. The van der Waals surface area contributed by atoms with Gasteiger partial charge in [0.15, 0.2) is 0 Å². The van der Waals surface area contributed by atoms with Crippen LogP contribution in [0.4, 0.5) is 0 Å². The zero-order valence-corrected chi connectivity index (χ0v) is 11.1. The van der Waals surface area contributed by atoms with Crippen LogP contribution < -0.4 is 0 Å². The van der Waals surface area contributed by atoms with E-state index in [4.69, 9.17) is 0 Å². The van der Waals surface area contributed by atoms with Gasteiger partial charge in [-0.15, -0.1) is 5.56 Å². The second-order valence-electron chi connectivity index (χ2n) is 2.70. The minimum Gasteiger partial charge on any atom is -0.475 e. The van der Waals surface area contributed by atoms with Crippen LogP contribution in [0.3, 0.4) is 0 Å². The van der Waals surface area contributed by atoms with Crippen molar-refractivity contribution in [3.05, 3.63) is 34.9 Å². The second-order valence-corrected chi connectivity index (χ2v) is 2.70. The van der Waals surface area contributed by atoms with Gasteiger partial charge < -0.3 is 4.74 Å². The van der Waals surface area contributed by atoms with Crippen molar-refractivity contribution >= 4 is 5.97 Å². The molecule has 0 fully saturated rings. The number of rotatable bonds is 1. The quantitative estimate of drug-likeness (QED) is 0.417. The number of aryl methyl sites for hydroxylation is 2. The van der Waals surface area contributed by atoms with E-state index in [2.05, 4.69) is 10.8 Å². The molecule has 0 aliphatic rings. The Morgan fingerprint density at radius 1 is 1.46 bits per heavy atom. The molecule has 0 amide bonds. The first-order valence-corrected chi connectivity index (χ1v) is 3.72. The van der Waals surface area contributed by atoms with E-state index in [1.54, 1.807) is 6.07 Å². The number of benzene rings is 1. The van der Waals surface area contributed by atoms with E-state index in [0.29, 0.717) is 5.56 Å². The first-order valence-electron chi connectivity index (χ1n) is 3.72. The van der Waals surface area contributed by atoms with E-state index >= 15 is 0 Å². The topological polar surface area (TPSA) is 26.3 Å².